The second kappa shape index (κ2) is 5.39. The Hall–Kier alpha value is -1.36. The summed E-state index contributed by atoms with van der Waals surface area (Å²) in [7, 11) is 0. The van der Waals surface area contributed by atoms with Crippen molar-refractivity contribution in [2.45, 2.75) is 19.3 Å². The van der Waals surface area contributed by atoms with E-state index in [0.29, 0.717) is 19.4 Å². The quantitative estimate of drug-likeness (QED) is 0.615. The maximum Gasteiger partial charge on any atom is 0.306 e. The van der Waals surface area contributed by atoms with Crippen molar-refractivity contribution in [1.82, 2.24) is 9.97 Å². The van der Waals surface area contributed by atoms with Crippen LogP contribution in [0.1, 0.15) is 18.5 Å². The number of aromatic amines is 1. The Morgan fingerprint density at radius 2 is 2.50 bits per heavy atom. The zero-order valence-corrected chi connectivity index (χ0v) is 7.94. The van der Waals surface area contributed by atoms with Crippen LogP contribution in [0.4, 0.5) is 0 Å². The lowest BCUT2D eigenvalue weighted by Crippen LogP contribution is -2.18. The van der Waals surface area contributed by atoms with Gasteiger partial charge in [-0.25, -0.2) is 4.98 Å². The molecular weight excluding hydrogens is 182 g/mol. The Morgan fingerprint density at radius 1 is 1.71 bits per heavy atom. The number of aromatic nitrogens is 2. The third-order valence-corrected chi connectivity index (χ3v) is 2.13. The Labute approximate surface area is 82.3 Å². The van der Waals surface area contributed by atoms with Gasteiger partial charge in [-0.05, 0) is 19.4 Å². The number of H-pyrrole nitrogens is 1. The third-order valence-electron chi connectivity index (χ3n) is 2.13. The fourth-order valence-electron chi connectivity index (χ4n) is 1.34. The predicted octanol–water partition coefficient (Wildman–Crippen LogP) is 0.392. The van der Waals surface area contributed by atoms with Gasteiger partial charge in [0, 0.05) is 18.3 Å². The molecule has 0 saturated heterocycles. The number of rotatable bonds is 6. The van der Waals surface area contributed by atoms with E-state index in [9.17, 15) is 4.79 Å². The summed E-state index contributed by atoms with van der Waals surface area (Å²) < 4.78 is 0. The molecule has 0 radical (unpaired) electrons. The van der Waals surface area contributed by atoms with Crippen molar-refractivity contribution < 1.29 is 9.90 Å². The lowest BCUT2D eigenvalue weighted by atomic mass is 9.98. The lowest BCUT2D eigenvalue weighted by Gasteiger charge is -2.09. The van der Waals surface area contributed by atoms with E-state index < -0.39 is 5.97 Å². The maximum atomic E-state index is 10.9. The molecule has 0 aromatic carbocycles. The number of nitrogens with one attached hydrogen (secondary N) is 1. The Kier molecular flexibility index (Phi) is 4.12. The summed E-state index contributed by atoms with van der Waals surface area (Å²) in [5.74, 6) is -1.13. The molecule has 1 heterocycles. The van der Waals surface area contributed by atoms with E-state index in [0.717, 1.165) is 12.1 Å². The van der Waals surface area contributed by atoms with Crippen molar-refractivity contribution in [2.75, 3.05) is 6.54 Å². The highest BCUT2D eigenvalue weighted by atomic mass is 16.4. The maximum absolute atomic E-state index is 10.9. The molecule has 1 atom stereocenters. The highest BCUT2D eigenvalue weighted by Crippen LogP contribution is 2.12. The van der Waals surface area contributed by atoms with Crippen LogP contribution in [0, 0.1) is 5.92 Å². The number of aliphatic carboxylic acids is 1. The van der Waals surface area contributed by atoms with Crippen LogP contribution >= 0.6 is 0 Å². The predicted molar refractivity (Wildman–Crippen MR) is 51.7 cm³/mol. The molecule has 1 aromatic heterocycles. The van der Waals surface area contributed by atoms with E-state index in [-0.39, 0.29) is 5.92 Å². The van der Waals surface area contributed by atoms with Gasteiger partial charge in [0.15, 0.2) is 0 Å². The molecule has 0 spiro atoms. The number of hydrogen-bond acceptors (Lipinski definition) is 3. The fraction of sp³-hybridized carbons (Fsp3) is 0.556. The van der Waals surface area contributed by atoms with Gasteiger partial charge >= 0.3 is 5.97 Å². The average molecular weight is 197 g/mol. The van der Waals surface area contributed by atoms with Crippen molar-refractivity contribution in [3.63, 3.8) is 0 Å². The molecule has 0 aliphatic carbocycles. The summed E-state index contributed by atoms with van der Waals surface area (Å²) >= 11 is 0. The van der Waals surface area contributed by atoms with E-state index in [4.69, 9.17) is 10.8 Å². The average Bonchev–Trinajstić information content (AvgIpc) is 2.64. The fourth-order valence-corrected chi connectivity index (χ4v) is 1.34. The van der Waals surface area contributed by atoms with Crippen LogP contribution in [-0.2, 0) is 11.2 Å². The van der Waals surface area contributed by atoms with Crippen LogP contribution in [0.25, 0.3) is 0 Å². The van der Waals surface area contributed by atoms with Crippen molar-refractivity contribution in [3.8, 4) is 0 Å². The molecule has 1 aromatic rings. The van der Waals surface area contributed by atoms with Crippen molar-refractivity contribution in [2.24, 2.45) is 11.7 Å². The molecule has 0 amide bonds. The smallest absolute Gasteiger partial charge is 0.306 e. The second-order valence-electron chi connectivity index (χ2n) is 3.25. The second-order valence-corrected chi connectivity index (χ2v) is 3.25. The molecule has 78 valence electrons. The summed E-state index contributed by atoms with van der Waals surface area (Å²) in [5, 5.41) is 8.92. The number of hydrogen-bond donors (Lipinski definition) is 3. The summed E-state index contributed by atoms with van der Waals surface area (Å²) in [4.78, 5) is 17.6. The molecule has 0 unspecified atom stereocenters. The molecule has 0 bridgehead atoms. The highest BCUT2D eigenvalue weighted by molar-refractivity contribution is 5.70. The number of carboxylic acids is 1. The van der Waals surface area contributed by atoms with Crippen molar-refractivity contribution in [3.05, 3.63) is 18.2 Å². The molecule has 0 aliphatic rings. The van der Waals surface area contributed by atoms with Crippen LogP contribution in [0.2, 0.25) is 0 Å². The van der Waals surface area contributed by atoms with Crippen LogP contribution in [0.5, 0.6) is 0 Å². The van der Waals surface area contributed by atoms with Crippen molar-refractivity contribution >= 4 is 5.97 Å². The summed E-state index contributed by atoms with van der Waals surface area (Å²) in [5.41, 5.74) is 6.19. The SMILES string of the molecule is NCCC[C@@H](Cc1cnc[nH]1)C(=O)O. The van der Waals surface area contributed by atoms with Gasteiger partial charge in [-0.2, -0.15) is 0 Å². The number of carboxylic acid groups (broad SMARTS) is 1. The van der Waals surface area contributed by atoms with E-state index in [1.54, 1.807) is 12.5 Å². The van der Waals surface area contributed by atoms with Gasteiger partial charge in [0.1, 0.15) is 0 Å². The standard InChI is InChI=1S/C9H15N3O2/c10-3-1-2-7(9(13)14)4-8-5-11-6-12-8/h5-7H,1-4,10H2,(H,11,12)(H,13,14)/t7-/m0/s1. The van der Waals surface area contributed by atoms with Crippen LogP contribution in [0.15, 0.2) is 12.5 Å². The summed E-state index contributed by atoms with van der Waals surface area (Å²) in [6, 6.07) is 0. The van der Waals surface area contributed by atoms with Gasteiger partial charge < -0.3 is 15.8 Å². The molecule has 4 N–H and O–H groups in total. The number of nitrogens with two attached hydrogens (primary N) is 1. The first-order valence-corrected chi connectivity index (χ1v) is 4.64. The first kappa shape index (κ1) is 10.7. The third kappa shape index (κ3) is 3.18. The number of imidazole rings is 1. The minimum absolute atomic E-state index is 0.362. The van der Waals surface area contributed by atoms with Gasteiger partial charge in [-0.15, -0.1) is 0 Å². The minimum Gasteiger partial charge on any atom is -0.481 e. The Balaban J connectivity index is 2.47. The van der Waals surface area contributed by atoms with Crippen LogP contribution < -0.4 is 5.73 Å². The molecule has 14 heavy (non-hydrogen) atoms. The van der Waals surface area contributed by atoms with Crippen LogP contribution in [-0.4, -0.2) is 27.6 Å². The zero-order chi connectivity index (χ0) is 10.4. The monoisotopic (exact) mass is 197 g/mol. The Morgan fingerprint density at radius 3 is 3.00 bits per heavy atom. The Bertz CT molecular complexity index is 272. The topological polar surface area (TPSA) is 92.0 Å². The normalized spacial score (nSPS) is 12.6. The van der Waals surface area contributed by atoms with Gasteiger partial charge in [0.25, 0.3) is 0 Å². The lowest BCUT2D eigenvalue weighted by molar-refractivity contribution is -0.142. The van der Waals surface area contributed by atoms with Crippen molar-refractivity contribution in [1.29, 1.82) is 0 Å². The minimum atomic E-state index is -0.770. The summed E-state index contributed by atoms with van der Waals surface area (Å²) in [6.45, 7) is 0.534. The summed E-state index contributed by atoms with van der Waals surface area (Å²) in [6.07, 6.45) is 5.06. The van der Waals surface area contributed by atoms with E-state index in [1.807, 2.05) is 0 Å². The largest absolute Gasteiger partial charge is 0.481 e. The molecule has 5 nitrogen and oxygen atoms in total. The van der Waals surface area contributed by atoms with Gasteiger partial charge in [-0.1, -0.05) is 0 Å². The van der Waals surface area contributed by atoms with Gasteiger partial charge in [-0.3, -0.25) is 4.79 Å². The van der Waals surface area contributed by atoms with Gasteiger partial charge in [0.2, 0.25) is 0 Å². The van der Waals surface area contributed by atoms with E-state index in [2.05, 4.69) is 9.97 Å². The molecule has 0 saturated carbocycles. The molecule has 0 fully saturated rings. The van der Waals surface area contributed by atoms with E-state index >= 15 is 0 Å². The zero-order valence-electron chi connectivity index (χ0n) is 7.94. The molecule has 1 rings (SSSR count). The highest BCUT2D eigenvalue weighted by Gasteiger charge is 2.17. The van der Waals surface area contributed by atoms with Gasteiger partial charge in [0.05, 0.1) is 12.2 Å². The molecule has 5 heteroatoms. The first-order valence-electron chi connectivity index (χ1n) is 4.64. The van der Waals surface area contributed by atoms with E-state index in [1.165, 1.54) is 0 Å². The number of nitrogens with zero attached hydrogens (tertiary/aromatic N) is 1. The number of carbonyl (C=O) groups is 1. The molecular formula is C9H15N3O2. The van der Waals surface area contributed by atoms with Crippen LogP contribution in [0.3, 0.4) is 0 Å². The first-order chi connectivity index (χ1) is 6.74. The molecule has 0 aliphatic heterocycles.